The number of nitrogens with two attached hydrogens (primary N) is 2. The first-order valence-corrected chi connectivity index (χ1v) is 11.0. The Labute approximate surface area is 188 Å². The van der Waals surface area contributed by atoms with E-state index in [9.17, 15) is 0 Å². The van der Waals surface area contributed by atoms with Gasteiger partial charge < -0.3 is 15.2 Å². The van der Waals surface area contributed by atoms with Crippen molar-refractivity contribution in [1.29, 1.82) is 0 Å². The van der Waals surface area contributed by atoms with Crippen LogP contribution in [0.25, 0.3) is 10.9 Å². The maximum absolute atomic E-state index is 8.81. The van der Waals surface area contributed by atoms with Gasteiger partial charge in [0.15, 0.2) is 10.9 Å². The molecule has 8 nitrogen and oxygen atoms in total. The van der Waals surface area contributed by atoms with Gasteiger partial charge in [0.1, 0.15) is 11.5 Å². The molecule has 0 amide bonds. The summed E-state index contributed by atoms with van der Waals surface area (Å²) in [5, 5.41) is 9.98. The molecular weight excluding hydrogens is 428 g/mol. The quantitative estimate of drug-likeness (QED) is 0.304. The number of benzene rings is 3. The van der Waals surface area contributed by atoms with Crippen LogP contribution in [0, 0.1) is 0 Å². The van der Waals surface area contributed by atoms with Gasteiger partial charge in [-0.1, -0.05) is 24.3 Å². The number of anilines is 1. The molecule has 0 spiro atoms. The van der Waals surface area contributed by atoms with Gasteiger partial charge in [-0.05, 0) is 53.6 Å². The SMILES string of the molecule is COc1ccc(Cc2c3cc(N)ccc3nn2Cc2ccc(OC)cc2)cc1.N[SH](=O)=O. The summed E-state index contributed by atoms with van der Waals surface area (Å²) < 4.78 is 30.2. The van der Waals surface area contributed by atoms with E-state index in [1.54, 1.807) is 14.2 Å². The molecule has 1 heterocycles. The topological polar surface area (TPSA) is 122 Å². The molecule has 3 aromatic carbocycles. The Morgan fingerprint density at radius 2 is 1.41 bits per heavy atom. The van der Waals surface area contributed by atoms with Gasteiger partial charge >= 0.3 is 0 Å². The lowest BCUT2D eigenvalue weighted by Gasteiger charge is -2.10. The molecule has 0 fully saturated rings. The summed E-state index contributed by atoms with van der Waals surface area (Å²) in [6.45, 7) is 0.685. The summed E-state index contributed by atoms with van der Waals surface area (Å²) in [6.07, 6.45) is 0.764. The fourth-order valence-corrected chi connectivity index (χ4v) is 3.36. The second-order valence-corrected chi connectivity index (χ2v) is 7.61. The highest BCUT2D eigenvalue weighted by molar-refractivity contribution is 7.69. The molecule has 0 aliphatic carbocycles. The standard InChI is InChI=1S/C23H23N3O2.H3NO2S/c1-27-19-8-3-16(4-9-19)13-23-21-14-18(24)7-12-22(21)25-26(23)15-17-5-10-20(28-2)11-6-17;1-4(2)3/h3-12,14H,13,15,24H2,1-2H3;4H,(H2,1,2,3). The van der Waals surface area contributed by atoms with Gasteiger partial charge in [0.25, 0.3) is 0 Å². The Hall–Kier alpha value is -3.56. The van der Waals surface area contributed by atoms with E-state index in [4.69, 9.17) is 28.7 Å². The molecule has 0 saturated carbocycles. The monoisotopic (exact) mass is 454 g/mol. The maximum atomic E-state index is 8.81. The fraction of sp³-hybridized carbons (Fsp3) is 0.174. The van der Waals surface area contributed by atoms with E-state index in [1.165, 1.54) is 5.56 Å². The zero-order valence-electron chi connectivity index (χ0n) is 17.9. The Morgan fingerprint density at radius 3 is 1.94 bits per heavy atom. The van der Waals surface area contributed by atoms with Crippen molar-refractivity contribution in [2.45, 2.75) is 13.0 Å². The van der Waals surface area contributed by atoms with Gasteiger partial charge in [0.05, 0.1) is 32.0 Å². The van der Waals surface area contributed by atoms with Gasteiger partial charge in [-0.3, -0.25) is 4.68 Å². The van der Waals surface area contributed by atoms with Gasteiger partial charge in [-0.15, -0.1) is 0 Å². The first-order valence-electron chi connectivity index (χ1n) is 9.79. The first kappa shape index (κ1) is 23.1. The van der Waals surface area contributed by atoms with Crippen LogP contribution in [0.4, 0.5) is 5.69 Å². The molecule has 0 aliphatic heterocycles. The number of nitrogens with zero attached hydrogens (tertiary/aromatic N) is 2. The number of fused-ring (bicyclic) bond motifs is 1. The summed E-state index contributed by atoms with van der Waals surface area (Å²) in [5.41, 5.74) is 11.2. The molecule has 4 aromatic rings. The lowest BCUT2D eigenvalue weighted by molar-refractivity contribution is 0.414. The summed E-state index contributed by atoms with van der Waals surface area (Å²) >= 11 is 0. The second kappa shape index (κ2) is 10.7. The van der Waals surface area contributed by atoms with Crippen molar-refractivity contribution in [1.82, 2.24) is 9.78 Å². The van der Waals surface area contributed by atoms with E-state index in [0.29, 0.717) is 6.54 Å². The molecule has 4 rings (SSSR count). The summed E-state index contributed by atoms with van der Waals surface area (Å²) in [5.74, 6) is 1.70. The van der Waals surface area contributed by atoms with Crippen LogP contribution in [0.15, 0.2) is 66.7 Å². The highest BCUT2D eigenvalue weighted by Crippen LogP contribution is 2.25. The molecule has 0 aliphatic rings. The first-order chi connectivity index (χ1) is 15.4. The minimum absolute atomic E-state index is 0.685. The van der Waals surface area contributed by atoms with Crippen LogP contribution < -0.4 is 20.3 Å². The van der Waals surface area contributed by atoms with Crippen molar-refractivity contribution in [2.24, 2.45) is 5.14 Å². The predicted molar refractivity (Wildman–Crippen MR) is 127 cm³/mol. The minimum atomic E-state index is -2.62. The Morgan fingerprint density at radius 1 is 0.875 bits per heavy atom. The third-order valence-corrected chi connectivity index (χ3v) is 4.89. The summed E-state index contributed by atoms with van der Waals surface area (Å²) in [7, 11) is 0.729. The average Bonchev–Trinajstić information content (AvgIpc) is 3.10. The molecule has 32 heavy (non-hydrogen) atoms. The van der Waals surface area contributed by atoms with E-state index in [0.717, 1.165) is 45.8 Å². The number of thiol groups is 1. The van der Waals surface area contributed by atoms with E-state index in [-0.39, 0.29) is 0 Å². The number of ether oxygens (including phenoxy) is 2. The molecule has 0 unspecified atom stereocenters. The maximum Gasteiger partial charge on any atom is 0.198 e. The number of nitrogen functional groups attached to an aromatic ring is 1. The zero-order chi connectivity index (χ0) is 23.1. The van der Waals surface area contributed by atoms with E-state index < -0.39 is 10.9 Å². The van der Waals surface area contributed by atoms with Crippen LogP contribution in [0.1, 0.15) is 16.8 Å². The van der Waals surface area contributed by atoms with E-state index in [1.807, 2.05) is 42.5 Å². The second-order valence-electron chi connectivity index (χ2n) is 7.04. The molecule has 9 heteroatoms. The van der Waals surface area contributed by atoms with Crippen molar-refractivity contribution >= 4 is 27.5 Å². The van der Waals surface area contributed by atoms with Crippen LogP contribution in [0.3, 0.4) is 0 Å². The largest absolute Gasteiger partial charge is 0.497 e. The molecule has 4 N–H and O–H groups in total. The molecule has 168 valence electrons. The Kier molecular flexibility index (Phi) is 7.69. The lowest BCUT2D eigenvalue weighted by atomic mass is 10.1. The predicted octanol–water partition coefficient (Wildman–Crippen LogP) is 2.75. The van der Waals surface area contributed by atoms with E-state index in [2.05, 4.69) is 34.1 Å². The normalized spacial score (nSPS) is 10.6. The summed E-state index contributed by atoms with van der Waals surface area (Å²) in [4.78, 5) is 0. The smallest absolute Gasteiger partial charge is 0.198 e. The fourth-order valence-electron chi connectivity index (χ4n) is 3.36. The van der Waals surface area contributed by atoms with E-state index >= 15 is 0 Å². The van der Waals surface area contributed by atoms with Gasteiger partial charge in [-0.25, -0.2) is 13.6 Å². The van der Waals surface area contributed by atoms with Crippen molar-refractivity contribution in [2.75, 3.05) is 20.0 Å². The highest BCUT2D eigenvalue weighted by Gasteiger charge is 2.13. The van der Waals surface area contributed by atoms with Crippen LogP contribution >= 0.6 is 0 Å². The molecular formula is C23H26N4O4S. The molecule has 1 aromatic heterocycles. The number of aromatic nitrogens is 2. The van der Waals surface area contributed by atoms with Crippen molar-refractivity contribution in [3.63, 3.8) is 0 Å². The number of hydrogen-bond acceptors (Lipinski definition) is 6. The van der Waals surface area contributed by atoms with Gasteiger partial charge in [0.2, 0.25) is 0 Å². The summed E-state index contributed by atoms with van der Waals surface area (Å²) in [6, 6.07) is 22.1. The highest BCUT2D eigenvalue weighted by atomic mass is 32.2. The van der Waals surface area contributed by atoms with Gasteiger partial charge in [0, 0.05) is 17.5 Å². The lowest BCUT2D eigenvalue weighted by Crippen LogP contribution is -2.07. The van der Waals surface area contributed by atoms with Crippen LogP contribution in [-0.2, 0) is 23.9 Å². The molecule has 0 atom stereocenters. The molecule has 0 bridgehead atoms. The van der Waals surface area contributed by atoms with Gasteiger partial charge in [-0.2, -0.15) is 5.10 Å². The third-order valence-electron chi connectivity index (χ3n) is 4.89. The van der Waals surface area contributed by atoms with Crippen molar-refractivity contribution < 1.29 is 17.9 Å². The minimum Gasteiger partial charge on any atom is -0.497 e. The number of rotatable bonds is 6. The van der Waals surface area contributed by atoms with Crippen LogP contribution in [0.2, 0.25) is 0 Å². The number of hydrogen-bond donors (Lipinski definition) is 3. The molecule has 0 saturated heterocycles. The van der Waals surface area contributed by atoms with Crippen LogP contribution in [0.5, 0.6) is 11.5 Å². The van der Waals surface area contributed by atoms with Crippen molar-refractivity contribution in [3.8, 4) is 11.5 Å². The third kappa shape index (κ3) is 5.99. The molecule has 0 radical (unpaired) electrons. The Balaban J connectivity index is 0.000000668. The van der Waals surface area contributed by atoms with Crippen LogP contribution in [-0.4, -0.2) is 32.4 Å². The Bertz CT molecular complexity index is 1240. The number of methoxy groups -OCH3 is 2. The zero-order valence-corrected chi connectivity index (χ0v) is 18.8. The van der Waals surface area contributed by atoms with Crippen molar-refractivity contribution in [3.05, 3.63) is 83.6 Å². The average molecular weight is 455 g/mol.